The van der Waals surface area contributed by atoms with E-state index < -0.39 is 4.92 Å². The molecule has 0 bridgehead atoms. The molecule has 0 unspecified atom stereocenters. The third-order valence-electron chi connectivity index (χ3n) is 2.62. The van der Waals surface area contributed by atoms with Crippen molar-refractivity contribution in [1.29, 1.82) is 0 Å². The Bertz CT molecular complexity index is 617. The molecule has 1 aromatic carbocycles. The number of non-ortho nitro benzene ring substituents is 1. The van der Waals surface area contributed by atoms with E-state index >= 15 is 0 Å². The molecule has 0 aliphatic rings. The molecule has 106 valence electrons. The molecule has 1 heterocycles. The van der Waals surface area contributed by atoms with Gasteiger partial charge in [0, 0.05) is 29.2 Å². The van der Waals surface area contributed by atoms with Crippen LogP contribution < -0.4 is 16.6 Å². The summed E-state index contributed by atoms with van der Waals surface area (Å²) in [6.45, 7) is 0.655. The van der Waals surface area contributed by atoms with Gasteiger partial charge in [0.15, 0.2) is 0 Å². The number of hydrazine groups is 1. The summed E-state index contributed by atoms with van der Waals surface area (Å²) >= 11 is 7.38. The molecule has 0 atom stereocenters. The van der Waals surface area contributed by atoms with Crippen LogP contribution in [0, 0.1) is 10.1 Å². The van der Waals surface area contributed by atoms with Gasteiger partial charge in [0.2, 0.25) is 0 Å². The van der Waals surface area contributed by atoms with Crippen LogP contribution in [0.3, 0.4) is 0 Å². The fraction of sp³-hybridized carbons (Fsp3) is 0.167. The second-order valence-corrected chi connectivity index (χ2v) is 5.85. The zero-order valence-corrected chi connectivity index (χ0v) is 12.0. The number of thiophene rings is 1. The van der Waals surface area contributed by atoms with Crippen LogP contribution >= 0.6 is 22.9 Å². The number of nitrogens with zero attached hydrogens (tertiary/aromatic N) is 1. The SMILES string of the molecule is NNc1cc(NCCc2ccc(Cl)s2)cc([N+](=O)[O-])c1. The van der Waals surface area contributed by atoms with Crippen molar-refractivity contribution in [2.75, 3.05) is 17.3 Å². The Hall–Kier alpha value is -1.83. The van der Waals surface area contributed by atoms with Crippen molar-refractivity contribution in [1.82, 2.24) is 0 Å². The Morgan fingerprint density at radius 1 is 1.30 bits per heavy atom. The zero-order chi connectivity index (χ0) is 14.5. The summed E-state index contributed by atoms with van der Waals surface area (Å²) in [6.07, 6.45) is 0.797. The Kier molecular flexibility index (Phi) is 4.78. The maximum atomic E-state index is 10.8. The number of benzene rings is 1. The summed E-state index contributed by atoms with van der Waals surface area (Å²) in [6, 6.07) is 8.39. The van der Waals surface area contributed by atoms with Crippen molar-refractivity contribution in [3.8, 4) is 0 Å². The lowest BCUT2D eigenvalue weighted by Crippen LogP contribution is -2.09. The lowest BCUT2D eigenvalue weighted by atomic mass is 10.2. The third-order valence-corrected chi connectivity index (χ3v) is 3.92. The van der Waals surface area contributed by atoms with E-state index in [-0.39, 0.29) is 5.69 Å². The van der Waals surface area contributed by atoms with Gasteiger partial charge in [0.1, 0.15) is 0 Å². The van der Waals surface area contributed by atoms with Crippen LogP contribution in [0.4, 0.5) is 17.1 Å². The Morgan fingerprint density at radius 3 is 2.65 bits per heavy atom. The van der Waals surface area contributed by atoms with E-state index in [1.54, 1.807) is 6.07 Å². The number of hydrogen-bond donors (Lipinski definition) is 3. The molecule has 0 fully saturated rings. The highest BCUT2D eigenvalue weighted by atomic mass is 35.5. The second kappa shape index (κ2) is 6.56. The minimum atomic E-state index is -0.453. The number of nitro groups is 1. The van der Waals surface area contributed by atoms with Gasteiger partial charge < -0.3 is 10.7 Å². The molecule has 0 aliphatic heterocycles. The molecule has 20 heavy (non-hydrogen) atoms. The van der Waals surface area contributed by atoms with E-state index in [1.807, 2.05) is 12.1 Å². The van der Waals surface area contributed by atoms with Crippen LogP contribution in [0.2, 0.25) is 4.34 Å². The average molecular weight is 313 g/mol. The molecule has 0 radical (unpaired) electrons. The van der Waals surface area contributed by atoms with E-state index in [9.17, 15) is 10.1 Å². The van der Waals surface area contributed by atoms with Gasteiger partial charge in [-0.2, -0.15) is 0 Å². The standard InChI is InChI=1S/C12H13ClN4O2S/c13-12-2-1-11(20-12)3-4-15-8-5-9(16-14)7-10(6-8)17(18)19/h1-2,5-7,15-16H,3-4,14H2. The Balaban J connectivity index is 2.01. The van der Waals surface area contributed by atoms with Gasteiger partial charge in [-0.15, -0.1) is 11.3 Å². The topological polar surface area (TPSA) is 93.2 Å². The molecule has 2 aromatic rings. The molecular weight excluding hydrogens is 300 g/mol. The number of anilines is 2. The molecule has 0 amide bonds. The fourth-order valence-electron chi connectivity index (χ4n) is 1.72. The van der Waals surface area contributed by atoms with E-state index in [1.165, 1.54) is 23.5 Å². The number of halogens is 1. The van der Waals surface area contributed by atoms with Crippen molar-refractivity contribution in [3.63, 3.8) is 0 Å². The minimum Gasteiger partial charge on any atom is -0.384 e. The summed E-state index contributed by atoms with van der Waals surface area (Å²) in [4.78, 5) is 11.5. The van der Waals surface area contributed by atoms with Crippen LogP contribution in [0.5, 0.6) is 0 Å². The van der Waals surface area contributed by atoms with Gasteiger partial charge in [-0.05, 0) is 24.6 Å². The Morgan fingerprint density at radius 2 is 2.05 bits per heavy atom. The molecule has 8 heteroatoms. The normalized spacial score (nSPS) is 10.3. The number of nitrogens with two attached hydrogens (primary N) is 1. The lowest BCUT2D eigenvalue weighted by Gasteiger charge is -2.08. The van der Waals surface area contributed by atoms with Crippen molar-refractivity contribution < 1.29 is 4.92 Å². The van der Waals surface area contributed by atoms with Gasteiger partial charge in [-0.25, -0.2) is 0 Å². The summed E-state index contributed by atoms with van der Waals surface area (Å²) in [5.41, 5.74) is 3.54. The molecule has 0 saturated heterocycles. The van der Waals surface area contributed by atoms with Crippen LogP contribution in [-0.4, -0.2) is 11.5 Å². The predicted molar refractivity (Wildman–Crippen MR) is 82.4 cm³/mol. The molecular formula is C12H13ClN4O2S. The quantitative estimate of drug-likeness (QED) is 0.432. The van der Waals surface area contributed by atoms with Crippen molar-refractivity contribution in [2.24, 2.45) is 5.84 Å². The van der Waals surface area contributed by atoms with E-state index in [4.69, 9.17) is 17.4 Å². The molecule has 2 rings (SSSR count). The molecule has 1 aromatic heterocycles. The van der Waals surface area contributed by atoms with Crippen molar-refractivity contribution in [3.05, 3.63) is 49.7 Å². The smallest absolute Gasteiger partial charge is 0.273 e. The summed E-state index contributed by atoms with van der Waals surface area (Å²) < 4.78 is 0.755. The third kappa shape index (κ3) is 3.83. The summed E-state index contributed by atoms with van der Waals surface area (Å²) in [5, 5.41) is 14.0. The lowest BCUT2D eigenvalue weighted by molar-refractivity contribution is -0.384. The van der Waals surface area contributed by atoms with E-state index in [0.29, 0.717) is 17.9 Å². The average Bonchev–Trinajstić information content (AvgIpc) is 2.84. The summed E-state index contributed by atoms with van der Waals surface area (Å²) in [5.74, 6) is 5.30. The number of nitro benzene ring substituents is 1. The molecule has 4 N–H and O–H groups in total. The van der Waals surface area contributed by atoms with Gasteiger partial charge in [0.05, 0.1) is 14.9 Å². The largest absolute Gasteiger partial charge is 0.384 e. The first-order valence-corrected chi connectivity index (χ1v) is 7.02. The summed E-state index contributed by atoms with van der Waals surface area (Å²) in [7, 11) is 0. The van der Waals surface area contributed by atoms with Crippen molar-refractivity contribution in [2.45, 2.75) is 6.42 Å². The van der Waals surface area contributed by atoms with Crippen LogP contribution in [-0.2, 0) is 6.42 Å². The maximum absolute atomic E-state index is 10.8. The first kappa shape index (κ1) is 14.6. The minimum absolute atomic E-state index is 0.0119. The number of hydrogen-bond acceptors (Lipinski definition) is 6. The van der Waals surface area contributed by atoms with E-state index in [2.05, 4.69) is 10.7 Å². The molecule has 0 aliphatic carbocycles. The first-order chi connectivity index (χ1) is 9.58. The Labute approximate surface area is 124 Å². The van der Waals surface area contributed by atoms with Crippen LogP contribution in [0.15, 0.2) is 30.3 Å². The zero-order valence-electron chi connectivity index (χ0n) is 10.4. The van der Waals surface area contributed by atoms with Gasteiger partial charge in [-0.3, -0.25) is 16.0 Å². The second-order valence-electron chi connectivity index (χ2n) is 4.05. The van der Waals surface area contributed by atoms with Crippen LogP contribution in [0.25, 0.3) is 0 Å². The number of nitrogen functional groups attached to an aromatic ring is 1. The molecule has 0 spiro atoms. The van der Waals surface area contributed by atoms with Gasteiger partial charge in [0.25, 0.3) is 5.69 Å². The van der Waals surface area contributed by atoms with Gasteiger partial charge in [-0.1, -0.05) is 11.6 Å². The number of nitrogens with one attached hydrogen (secondary N) is 2. The first-order valence-electron chi connectivity index (χ1n) is 5.82. The highest BCUT2D eigenvalue weighted by Gasteiger charge is 2.09. The maximum Gasteiger partial charge on any atom is 0.273 e. The van der Waals surface area contributed by atoms with Gasteiger partial charge >= 0.3 is 0 Å². The molecule has 6 nitrogen and oxygen atoms in total. The van der Waals surface area contributed by atoms with Crippen LogP contribution in [0.1, 0.15) is 4.88 Å². The number of rotatable bonds is 6. The van der Waals surface area contributed by atoms with E-state index in [0.717, 1.165) is 15.6 Å². The predicted octanol–water partition coefficient (Wildman–Crippen LogP) is 3.25. The monoisotopic (exact) mass is 312 g/mol. The fourth-order valence-corrected chi connectivity index (χ4v) is 2.81. The highest BCUT2D eigenvalue weighted by molar-refractivity contribution is 7.16. The highest BCUT2D eigenvalue weighted by Crippen LogP contribution is 2.25. The van der Waals surface area contributed by atoms with Crippen molar-refractivity contribution >= 4 is 40.0 Å². The molecule has 0 saturated carbocycles.